The summed E-state index contributed by atoms with van der Waals surface area (Å²) < 4.78 is 1.89. The lowest BCUT2D eigenvalue weighted by atomic mass is 10.3. The number of nitrogens with zero attached hydrogens (tertiary/aromatic N) is 2. The molecule has 0 bridgehead atoms. The van der Waals surface area contributed by atoms with Gasteiger partial charge in [-0.1, -0.05) is 0 Å². The second-order valence-corrected chi connectivity index (χ2v) is 3.60. The van der Waals surface area contributed by atoms with Gasteiger partial charge in [0.25, 0.3) is 0 Å². The first-order valence-corrected chi connectivity index (χ1v) is 4.72. The number of hydrogen-bond donors (Lipinski definition) is 2. The molecule has 1 aliphatic carbocycles. The van der Waals surface area contributed by atoms with Gasteiger partial charge < -0.3 is 15.0 Å². The topological polar surface area (TPSA) is 50.1 Å². The van der Waals surface area contributed by atoms with Gasteiger partial charge in [-0.15, -0.1) is 0 Å². The summed E-state index contributed by atoms with van der Waals surface area (Å²) in [6.07, 6.45) is 7.52. The Morgan fingerprint density at radius 1 is 1.62 bits per heavy atom. The van der Waals surface area contributed by atoms with Gasteiger partial charge in [0.1, 0.15) is 0 Å². The fourth-order valence-electron chi connectivity index (χ4n) is 1.29. The number of rotatable bonds is 5. The highest BCUT2D eigenvalue weighted by Crippen LogP contribution is 2.18. The van der Waals surface area contributed by atoms with Gasteiger partial charge in [0.2, 0.25) is 0 Å². The Balaban J connectivity index is 1.68. The van der Waals surface area contributed by atoms with E-state index in [9.17, 15) is 5.11 Å². The van der Waals surface area contributed by atoms with Gasteiger partial charge in [0.15, 0.2) is 0 Å². The zero-order chi connectivity index (χ0) is 9.10. The lowest BCUT2D eigenvalue weighted by Gasteiger charge is -2.11. The van der Waals surface area contributed by atoms with Crippen LogP contribution in [0.5, 0.6) is 0 Å². The Labute approximate surface area is 77.6 Å². The molecule has 1 aromatic rings. The average Bonchev–Trinajstić information content (AvgIpc) is 2.82. The summed E-state index contributed by atoms with van der Waals surface area (Å²) in [6.45, 7) is 1.31. The maximum atomic E-state index is 9.59. The summed E-state index contributed by atoms with van der Waals surface area (Å²) in [5.74, 6) is 0. The molecular formula is C9H15N3O. The SMILES string of the molecule is OC(CNC1CC1)Cn1ccnc1. The first-order valence-electron chi connectivity index (χ1n) is 4.72. The van der Waals surface area contributed by atoms with E-state index in [0.29, 0.717) is 19.1 Å². The summed E-state index contributed by atoms with van der Waals surface area (Å²) in [7, 11) is 0. The number of aliphatic hydroxyl groups is 1. The number of aromatic nitrogens is 2. The molecule has 1 unspecified atom stereocenters. The molecule has 1 heterocycles. The standard InChI is InChI=1S/C9H15N3O/c13-9(5-11-8-1-2-8)6-12-4-3-10-7-12/h3-4,7-9,11,13H,1-2,5-6H2. The van der Waals surface area contributed by atoms with Crippen LogP contribution in [0, 0.1) is 0 Å². The number of hydrogen-bond acceptors (Lipinski definition) is 3. The van der Waals surface area contributed by atoms with E-state index in [1.165, 1.54) is 12.8 Å². The van der Waals surface area contributed by atoms with Gasteiger partial charge in [0.05, 0.1) is 19.0 Å². The van der Waals surface area contributed by atoms with Crippen LogP contribution in [0.2, 0.25) is 0 Å². The van der Waals surface area contributed by atoms with Crippen molar-refractivity contribution in [2.75, 3.05) is 6.54 Å². The van der Waals surface area contributed by atoms with Crippen molar-refractivity contribution in [2.24, 2.45) is 0 Å². The maximum absolute atomic E-state index is 9.59. The minimum absolute atomic E-state index is 0.310. The Hall–Kier alpha value is -0.870. The zero-order valence-electron chi connectivity index (χ0n) is 7.56. The van der Waals surface area contributed by atoms with Crippen molar-refractivity contribution >= 4 is 0 Å². The van der Waals surface area contributed by atoms with Crippen LogP contribution in [0.15, 0.2) is 18.7 Å². The quantitative estimate of drug-likeness (QED) is 0.672. The van der Waals surface area contributed by atoms with E-state index in [2.05, 4.69) is 10.3 Å². The van der Waals surface area contributed by atoms with Gasteiger partial charge in [0, 0.05) is 25.0 Å². The third kappa shape index (κ3) is 2.82. The molecule has 0 spiro atoms. The number of imidazole rings is 1. The number of nitrogens with one attached hydrogen (secondary N) is 1. The summed E-state index contributed by atoms with van der Waals surface area (Å²) in [5.41, 5.74) is 0. The molecule has 2 rings (SSSR count). The highest BCUT2D eigenvalue weighted by atomic mass is 16.3. The van der Waals surface area contributed by atoms with Crippen LogP contribution in [0.4, 0.5) is 0 Å². The highest BCUT2D eigenvalue weighted by Gasteiger charge is 2.21. The lowest BCUT2D eigenvalue weighted by molar-refractivity contribution is 0.151. The normalized spacial score (nSPS) is 18.8. The van der Waals surface area contributed by atoms with Crippen LogP contribution < -0.4 is 5.32 Å². The van der Waals surface area contributed by atoms with Crippen LogP contribution in [0.25, 0.3) is 0 Å². The second kappa shape index (κ2) is 3.89. The molecule has 72 valence electrons. The van der Waals surface area contributed by atoms with Gasteiger partial charge >= 0.3 is 0 Å². The van der Waals surface area contributed by atoms with Gasteiger partial charge in [-0.2, -0.15) is 0 Å². The fourth-order valence-corrected chi connectivity index (χ4v) is 1.29. The first kappa shape index (κ1) is 8.72. The summed E-state index contributed by atoms with van der Waals surface area (Å²) in [4.78, 5) is 3.91. The Bertz CT molecular complexity index is 243. The van der Waals surface area contributed by atoms with E-state index in [4.69, 9.17) is 0 Å². The zero-order valence-corrected chi connectivity index (χ0v) is 7.56. The van der Waals surface area contributed by atoms with E-state index < -0.39 is 0 Å². The van der Waals surface area contributed by atoms with Crippen LogP contribution in [-0.2, 0) is 6.54 Å². The molecule has 1 fully saturated rings. The van der Waals surface area contributed by atoms with Crippen molar-refractivity contribution in [3.05, 3.63) is 18.7 Å². The summed E-state index contributed by atoms with van der Waals surface area (Å²) in [6, 6.07) is 0.664. The minimum Gasteiger partial charge on any atom is -0.390 e. The first-order chi connectivity index (χ1) is 6.34. The smallest absolute Gasteiger partial charge is 0.0946 e. The third-order valence-corrected chi connectivity index (χ3v) is 2.20. The molecule has 13 heavy (non-hydrogen) atoms. The monoisotopic (exact) mass is 181 g/mol. The van der Waals surface area contributed by atoms with Crippen molar-refractivity contribution in [3.8, 4) is 0 Å². The molecule has 1 aliphatic rings. The average molecular weight is 181 g/mol. The molecule has 2 N–H and O–H groups in total. The van der Waals surface area contributed by atoms with Crippen LogP contribution in [-0.4, -0.2) is 33.3 Å². The van der Waals surface area contributed by atoms with Gasteiger partial charge in [-0.25, -0.2) is 4.98 Å². The molecule has 0 saturated heterocycles. The predicted molar refractivity (Wildman–Crippen MR) is 49.3 cm³/mol. The third-order valence-electron chi connectivity index (χ3n) is 2.20. The molecule has 0 radical (unpaired) electrons. The van der Waals surface area contributed by atoms with Crippen LogP contribution in [0.1, 0.15) is 12.8 Å². The van der Waals surface area contributed by atoms with E-state index in [1.54, 1.807) is 12.5 Å². The number of aliphatic hydroxyl groups excluding tert-OH is 1. The van der Waals surface area contributed by atoms with Crippen LogP contribution >= 0.6 is 0 Å². The van der Waals surface area contributed by atoms with E-state index in [1.807, 2.05) is 10.8 Å². The van der Waals surface area contributed by atoms with Crippen molar-refractivity contribution in [2.45, 2.75) is 31.5 Å². The predicted octanol–water partition coefficient (Wildman–Crippen LogP) is -0.00400. The maximum Gasteiger partial charge on any atom is 0.0946 e. The lowest BCUT2D eigenvalue weighted by Crippen LogP contribution is -2.31. The molecule has 4 heteroatoms. The van der Waals surface area contributed by atoms with Crippen LogP contribution in [0.3, 0.4) is 0 Å². The Morgan fingerprint density at radius 2 is 2.46 bits per heavy atom. The molecular weight excluding hydrogens is 166 g/mol. The molecule has 1 atom stereocenters. The van der Waals surface area contributed by atoms with Crippen molar-refractivity contribution in [1.29, 1.82) is 0 Å². The van der Waals surface area contributed by atoms with Crippen molar-refractivity contribution in [3.63, 3.8) is 0 Å². The van der Waals surface area contributed by atoms with E-state index in [-0.39, 0.29) is 6.10 Å². The fraction of sp³-hybridized carbons (Fsp3) is 0.667. The van der Waals surface area contributed by atoms with E-state index >= 15 is 0 Å². The largest absolute Gasteiger partial charge is 0.390 e. The molecule has 0 aliphatic heterocycles. The summed E-state index contributed by atoms with van der Waals surface area (Å²) in [5, 5.41) is 12.9. The van der Waals surface area contributed by atoms with E-state index in [0.717, 1.165) is 0 Å². The molecule has 0 amide bonds. The molecule has 0 aromatic carbocycles. The minimum atomic E-state index is -0.310. The van der Waals surface area contributed by atoms with Gasteiger partial charge in [-0.05, 0) is 12.8 Å². The molecule has 4 nitrogen and oxygen atoms in total. The highest BCUT2D eigenvalue weighted by molar-refractivity contribution is 4.82. The molecule has 1 aromatic heterocycles. The van der Waals surface area contributed by atoms with Gasteiger partial charge in [-0.3, -0.25) is 0 Å². The van der Waals surface area contributed by atoms with Crippen molar-refractivity contribution < 1.29 is 5.11 Å². The Morgan fingerprint density at radius 3 is 3.08 bits per heavy atom. The molecule has 1 saturated carbocycles. The second-order valence-electron chi connectivity index (χ2n) is 3.60. The summed E-state index contributed by atoms with van der Waals surface area (Å²) >= 11 is 0. The van der Waals surface area contributed by atoms with Crippen molar-refractivity contribution in [1.82, 2.24) is 14.9 Å². The Kier molecular flexibility index (Phi) is 2.61.